The highest BCUT2D eigenvalue weighted by atomic mass is 35.5. The van der Waals surface area contributed by atoms with E-state index in [1.54, 1.807) is 0 Å². The smallest absolute Gasteiger partial charge is 0.297 e. The zero-order valence-electron chi connectivity index (χ0n) is 10.8. The number of nitrogens with one attached hydrogen (secondary N) is 1. The molecule has 1 spiro atoms. The van der Waals surface area contributed by atoms with Crippen LogP contribution >= 0.6 is 22.9 Å². The van der Waals surface area contributed by atoms with Gasteiger partial charge in [-0.25, -0.2) is 0 Å². The zero-order valence-corrected chi connectivity index (χ0v) is 12.4. The minimum absolute atomic E-state index is 0.0649. The van der Waals surface area contributed by atoms with Crippen molar-refractivity contribution >= 4 is 22.9 Å². The van der Waals surface area contributed by atoms with Gasteiger partial charge in [-0.3, -0.25) is 0 Å². The minimum atomic E-state index is -2.93. The van der Waals surface area contributed by atoms with E-state index < -0.39 is 18.1 Å². The van der Waals surface area contributed by atoms with E-state index in [0.717, 1.165) is 0 Å². The normalized spacial score (nSPS) is 37.3. The summed E-state index contributed by atoms with van der Waals surface area (Å²) in [6.07, 6.45) is 1.41. The standard InChI is InChI=1S/C13H16ClF2NOS/c1-7-4-12(5-8(2)17-7)11-9(3-10(14)19-11)13(15,16)6-18-12/h3,7-8,17H,4-6H2,1-2H3/t7-,8+,12?. The second-order valence-corrected chi connectivity index (χ2v) is 7.34. The van der Waals surface area contributed by atoms with Crippen LogP contribution in [0.1, 0.15) is 37.1 Å². The molecule has 2 nitrogen and oxygen atoms in total. The Bertz CT molecular complexity index is 495. The maximum atomic E-state index is 14.0. The van der Waals surface area contributed by atoms with Crippen LogP contribution in [0.3, 0.4) is 0 Å². The first kappa shape index (κ1) is 13.7. The summed E-state index contributed by atoms with van der Waals surface area (Å²) in [4.78, 5) is 0.619. The van der Waals surface area contributed by atoms with Crippen LogP contribution in [0.2, 0.25) is 4.34 Å². The Hall–Kier alpha value is -0.230. The Morgan fingerprint density at radius 1 is 1.37 bits per heavy atom. The lowest BCUT2D eigenvalue weighted by Gasteiger charge is -2.46. The maximum Gasteiger partial charge on any atom is 0.297 e. The second-order valence-electron chi connectivity index (χ2n) is 5.66. The topological polar surface area (TPSA) is 21.3 Å². The summed E-state index contributed by atoms with van der Waals surface area (Å²) in [5, 5.41) is 3.41. The van der Waals surface area contributed by atoms with E-state index >= 15 is 0 Å². The third-order valence-corrected chi connectivity index (χ3v) is 5.33. The zero-order chi connectivity index (χ0) is 13.8. The van der Waals surface area contributed by atoms with E-state index in [9.17, 15) is 8.78 Å². The molecule has 19 heavy (non-hydrogen) atoms. The van der Waals surface area contributed by atoms with Crippen molar-refractivity contribution in [3.05, 3.63) is 20.8 Å². The molecule has 1 aromatic rings. The molecule has 6 heteroatoms. The summed E-state index contributed by atoms with van der Waals surface area (Å²) in [6, 6.07) is 1.89. The molecule has 1 saturated heterocycles. The lowest BCUT2D eigenvalue weighted by molar-refractivity contribution is -0.181. The van der Waals surface area contributed by atoms with Crippen molar-refractivity contribution in [2.75, 3.05) is 6.61 Å². The maximum absolute atomic E-state index is 14.0. The van der Waals surface area contributed by atoms with E-state index in [1.807, 2.05) is 0 Å². The molecule has 106 valence electrons. The van der Waals surface area contributed by atoms with Crippen LogP contribution in [0.25, 0.3) is 0 Å². The van der Waals surface area contributed by atoms with Crippen LogP contribution in [0.5, 0.6) is 0 Å². The predicted octanol–water partition coefficient (Wildman–Crippen LogP) is 3.88. The molecule has 1 N–H and O–H groups in total. The third-order valence-electron chi connectivity index (χ3n) is 3.88. The highest BCUT2D eigenvalue weighted by Crippen LogP contribution is 2.53. The summed E-state index contributed by atoms with van der Waals surface area (Å²) < 4.78 is 34.0. The molecule has 0 bridgehead atoms. The summed E-state index contributed by atoms with van der Waals surface area (Å²) in [7, 11) is 0. The van der Waals surface area contributed by atoms with Crippen molar-refractivity contribution in [1.29, 1.82) is 0 Å². The Morgan fingerprint density at radius 3 is 2.63 bits per heavy atom. The van der Waals surface area contributed by atoms with Crippen LogP contribution in [0.15, 0.2) is 6.07 Å². The van der Waals surface area contributed by atoms with Gasteiger partial charge in [0, 0.05) is 22.5 Å². The number of fused-ring (bicyclic) bond motifs is 2. The molecule has 2 aliphatic heterocycles. The Labute approximate surface area is 120 Å². The average Bonchev–Trinajstić information content (AvgIpc) is 2.68. The Kier molecular flexibility index (Phi) is 3.17. The third kappa shape index (κ3) is 2.20. The molecule has 0 radical (unpaired) electrons. The number of thiophene rings is 1. The molecule has 1 aromatic heterocycles. The van der Waals surface area contributed by atoms with Gasteiger partial charge < -0.3 is 10.1 Å². The van der Waals surface area contributed by atoms with Crippen molar-refractivity contribution in [3.63, 3.8) is 0 Å². The van der Waals surface area contributed by atoms with Gasteiger partial charge in [0.2, 0.25) is 0 Å². The quantitative estimate of drug-likeness (QED) is 0.785. The van der Waals surface area contributed by atoms with E-state index in [2.05, 4.69) is 19.2 Å². The monoisotopic (exact) mass is 307 g/mol. The van der Waals surface area contributed by atoms with E-state index in [0.29, 0.717) is 22.1 Å². The minimum Gasteiger partial charge on any atom is -0.363 e. The van der Waals surface area contributed by atoms with E-state index in [1.165, 1.54) is 17.4 Å². The van der Waals surface area contributed by atoms with Gasteiger partial charge in [-0.05, 0) is 32.8 Å². The highest BCUT2D eigenvalue weighted by Gasteiger charge is 2.52. The first-order valence-corrected chi connectivity index (χ1v) is 7.60. The predicted molar refractivity (Wildman–Crippen MR) is 72.1 cm³/mol. The SMILES string of the molecule is C[C@@H]1CC2(C[C@H](C)N1)OCC(F)(F)c1cc(Cl)sc12. The second kappa shape index (κ2) is 4.38. The highest BCUT2D eigenvalue weighted by molar-refractivity contribution is 7.16. The summed E-state index contributed by atoms with van der Waals surface area (Å²) >= 11 is 7.20. The van der Waals surface area contributed by atoms with Gasteiger partial charge in [0.1, 0.15) is 12.2 Å². The van der Waals surface area contributed by atoms with Gasteiger partial charge in [0.15, 0.2) is 0 Å². The Morgan fingerprint density at radius 2 is 2.00 bits per heavy atom. The van der Waals surface area contributed by atoms with Gasteiger partial charge in [0.05, 0.1) is 4.34 Å². The number of piperidine rings is 1. The van der Waals surface area contributed by atoms with Gasteiger partial charge in [-0.1, -0.05) is 11.6 Å². The molecule has 0 aromatic carbocycles. The number of ether oxygens (including phenoxy) is 1. The van der Waals surface area contributed by atoms with Gasteiger partial charge in [-0.2, -0.15) is 8.78 Å². The summed E-state index contributed by atoms with van der Waals surface area (Å²) in [6.45, 7) is 3.57. The first-order chi connectivity index (χ1) is 8.82. The molecular formula is C13H16ClF2NOS. The molecule has 1 unspecified atom stereocenters. The Balaban J connectivity index is 2.09. The van der Waals surface area contributed by atoms with Crippen LogP contribution in [-0.4, -0.2) is 18.7 Å². The molecule has 1 fully saturated rings. The summed E-state index contributed by atoms with van der Waals surface area (Å²) in [5.74, 6) is -2.93. The molecule has 3 heterocycles. The number of alkyl halides is 2. The summed E-state index contributed by atoms with van der Waals surface area (Å²) in [5.41, 5.74) is -0.533. The average molecular weight is 308 g/mol. The lowest BCUT2D eigenvalue weighted by atomic mass is 9.79. The number of halogens is 3. The van der Waals surface area contributed by atoms with Gasteiger partial charge in [-0.15, -0.1) is 11.3 Å². The molecule has 0 saturated carbocycles. The number of hydrogen-bond acceptors (Lipinski definition) is 3. The molecule has 0 amide bonds. The van der Waals surface area contributed by atoms with Crippen LogP contribution in [-0.2, 0) is 16.3 Å². The van der Waals surface area contributed by atoms with Crippen molar-refractivity contribution in [3.8, 4) is 0 Å². The number of hydrogen-bond donors (Lipinski definition) is 1. The number of rotatable bonds is 0. The van der Waals surface area contributed by atoms with E-state index in [-0.39, 0.29) is 17.6 Å². The van der Waals surface area contributed by atoms with E-state index in [4.69, 9.17) is 16.3 Å². The molecular weight excluding hydrogens is 292 g/mol. The lowest BCUT2D eigenvalue weighted by Crippen LogP contribution is -2.53. The largest absolute Gasteiger partial charge is 0.363 e. The van der Waals surface area contributed by atoms with Crippen LogP contribution in [0, 0.1) is 0 Å². The van der Waals surface area contributed by atoms with Crippen molar-refractivity contribution < 1.29 is 13.5 Å². The fourth-order valence-electron chi connectivity index (χ4n) is 3.32. The van der Waals surface area contributed by atoms with Crippen LogP contribution in [0.4, 0.5) is 8.78 Å². The fraction of sp³-hybridized carbons (Fsp3) is 0.692. The molecule has 3 atom stereocenters. The van der Waals surface area contributed by atoms with Crippen LogP contribution < -0.4 is 5.32 Å². The fourth-order valence-corrected chi connectivity index (χ4v) is 4.76. The van der Waals surface area contributed by atoms with Gasteiger partial charge in [0.25, 0.3) is 5.92 Å². The first-order valence-electron chi connectivity index (χ1n) is 6.40. The van der Waals surface area contributed by atoms with Crippen molar-refractivity contribution in [1.82, 2.24) is 5.32 Å². The van der Waals surface area contributed by atoms with Crippen molar-refractivity contribution in [2.45, 2.75) is 50.3 Å². The van der Waals surface area contributed by atoms with Gasteiger partial charge >= 0.3 is 0 Å². The molecule has 2 aliphatic rings. The molecule has 0 aliphatic carbocycles. The molecule has 3 rings (SSSR count). The van der Waals surface area contributed by atoms with Crippen molar-refractivity contribution in [2.24, 2.45) is 0 Å².